The highest BCUT2D eigenvalue weighted by Gasteiger charge is 2.45. The minimum Gasteiger partial charge on any atom is -0.507 e. The minimum absolute atomic E-state index is 0.0895. The zero-order valence-electron chi connectivity index (χ0n) is 20.4. The van der Waals surface area contributed by atoms with Crippen LogP contribution in [0.15, 0.2) is 54.1 Å². The second-order valence-electron chi connectivity index (χ2n) is 8.53. The number of aliphatic hydroxyl groups is 1. The van der Waals surface area contributed by atoms with E-state index in [9.17, 15) is 14.7 Å². The first kappa shape index (κ1) is 25.3. The first-order chi connectivity index (χ1) is 16.4. The summed E-state index contributed by atoms with van der Waals surface area (Å²) in [4.78, 5) is 29.8. The van der Waals surface area contributed by atoms with Crippen molar-refractivity contribution in [2.24, 2.45) is 0 Å². The number of hydrogen-bond donors (Lipinski definition) is 1. The van der Waals surface area contributed by atoms with E-state index < -0.39 is 17.7 Å². The third-order valence-corrected chi connectivity index (χ3v) is 5.63. The Hall–Kier alpha value is -3.32. The molecule has 2 aromatic carbocycles. The number of carbonyl (C=O) groups excluding carboxylic acids is 2. The van der Waals surface area contributed by atoms with E-state index in [1.54, 1.807) is 29.2 Å². The molecule has 0 aliphatic carbocycles. The number of benzene rings is 2. The maximum absolute atomic E-state index is 13.2. The molecule has 3 rings (SSSR count). The van der Waals surface area contributed by atoms with Crippen LogP contribution in [0.3, 0.4) is 0 Å². The first-order valence-corrected chi connectivity index (χ1v) is 11.8. The number of likely N-dealkylation sites (tertiary alicyclic amines) is 1. The van der Waals surface area contributed by atoms with Crippen LogP contribution < -0.4 is 9.47 Å². The molecule has 1 N–H and O–H groups in total. The summed E-state index contributed by atoms with van der Waals surface area (Å²) in [5, 5.41) is 11.2. The molecule has 0 unspecified atom stereocenters. The van der Waals surface area contributed by atoms with Crippen LogP contribution in [0.1, 0.15) is 43.9 Å². The van der Waals surface area contributed by atoms with Gasteiger partial charge in [-0.3, -0.25) is 9.59 Å². The Kier molecular flexibility index (Phi) is 8.71. The molecule has 0 saturated carbocycles. The van der Waals surface area contributed by atoms with E-state index in [0.717, 1.165) is 18.5 Å². The summed E-state index contributed by atoms with van der Waals surface area (Å²) in [7, 11) is 3.93. The molecule has 7 nitrogen and oxygen atoms in total. The van der Waals surface area contributed by atoms with Gasteiger partial charge in [-0.05, 0) is 82.4 Å². The summed E-state index contributed by atoms with van der Waals surface area (Å²) in [6.07, 6.45) is 1.57. The fourth-order valence-corrected chi connectivity index (χ4v) is 4.04. The highest BCUT2D eigenvalue weighted by atomic mass is 16.5. The Morgan fingerprint density at radius 3 is 2.41 bits per heavy atom. The standard InChI is InChI=1S/C27H34N2O5/c1-5-17-34-22-10-7-9-20(18-22)24-23(25(30)19-11-13-21(14-12-19)33-6-2)26(31)27(32)29(24)16-8-15-28(3)4/h7,9-14,18,24,30H,5-6,8,15-17H2,1-4H3/b25-23+/t24-/m0/s1. The molecule has 1 saturated heterocycles. The van der Waals surface area contributed by atoms with Crippen LogP contribution in [0.2, 0.25) is 0 Å². The highest BCUT2D eigenvalue weighted by molar-refractivity contribution is 6.46. The van der Waals surface area contributed by atoms with Crippen molar-refractivity contribution in [3.63, 3.8) is 0 Å². The number of aliphatic hydroxyl groups excluding tert-OH is 1. The lowest BCUT2D eigenvalue weighted by Crippen LogP contribution is -2.32. The van der Waals surface area contributed by atoms with Crippen LogP contribution in [0.5, 0.6) is 11.5 Å². The Morgan fingerprint density at radius 2 is 1.76 bits per heavy atom. The van der Waals surface area contributed by atoms with Gasteiger partial charge < -0.3 is 24.4 Å². The van der Waals surface area contributed by atoms with Gasteiger partial charge in [-0.2, -0.15) is 0 Å². The molecule has 7 heteroatoms. The molecule has 0 radical (unpaired) electrons. The molecule has 182 valence electrons. The highest BCUT2D eigenvalue weighted by Crippen LogP contribution is 2.40. The molecular formula is C27H34N2O5. The van der Waals surface area contributed by atoms with Crippen LogP contribution in [0, 0.1) is 0 Å². The lowest BCUT2D eigenvalue weighted by atomic mass is 9.95. The molecule has 1 fully saturated rings. The van der Waals surface area contributed by atoms with E-state index >= 15 is 0 Å². The van der Waals surface area contributed by atoms with Gasteiger partial charge >= 0.3 is 0 Å². The molecule has 0 spiro atoms. The molecule has 0 aromatic heterocycles. The molecule has 34 heavy (non-hydrogen) atoms. The van der Waals surface area contributed by atoms with E-state index in [1.807, 2.05) is 57.1 Å². The Balaban J connectivity index is 2.05. The van der Waals surface area contributed by atoms with Crippen molar-refractivity contribution >= 4 is 17.4 Å². The molecule has 1 atom stereocenters. The Bertz CT molecular complexity index is 1030. The molecule has 1 amide bonds. The lowest BCUT2D eigenvalue weighted by molar-refractivity contribution is -0.139. The number of carbonyl (C=O) groups is 2. The van der Waals surface area contributed by atoms with Crippen molar-refractivity contribution in [3.8, 4) is 11.5 Å². The topological polar surface area (TPSA) is 79.3 Å². The first-order valence-electron chi connectivity index (χ1n) is 11.8. The third kappa shape index (κ3) is 5.78. The van der Waals surface area contributed by atoms with E-state index in [1.165, 1.54) is 0 Å². The summed E-state index contributed by atoms with van der Waals surface area (Å²) >= 11 is 0. The summed E-state index contributed by atoms with van der Waals surface area (Å²) in [5.74, 6) is -0.140. The second-order valence-corrected chi connectivity index (χ2v) is 8.53. The zero-order valence-corrected chi connectivity index (χ0v) is 20.4. The largest absolute Gasteiger partial charge is 0.507 e. The van der Waals surface area contributed by atoms with Gasteiger partial charge in [0.1, 0.15) is 17.3 Å². The predicted molar refractivity (Wildman–Crippen MR) is 132 cm³/mol. The van der Waals surface area contributed by atoms with Crippen molar-refractivity contribution in [2.45, 2.75) is 32.7 Å². The Morgan fingerprint density at radius 1 is 1.03 bits per heavy atom. The van der Waals surface area contributed by atoms with E-state index in [2.05, 4.69) is 0 Å². The number of ketones is 1. The van der Waals surface area contributed by atoms with Crippen molar-refractivity contribution in [1.29, 1.82) is 0 Å². The molecule has 0 bridgehead atoms. The van der Waals surface area contributed by atoms with E-state index in [0.29, 0.717) is 43.2 Å². The van der Waals surface area contributed by atoms with Gasteiger partial charge in [-0.15, -0.1) is 0 Å². The second kappa shape index (κ2) is 11.7. The van der Waals surface area contributed by atoms with Crippen molar-refractivity contribution in [2.75, 3.05) is 40.4 Å². The van der Waals surface area contributed by atoms with Gasteiger partial charge in [0.15, 0.2) is 0 Å². The van der Waals surface area contributed by atoms with E-state index in [4.69, 9.17) is 9.47 Å². The molecule has 1 aliphatic heterocycles. The summed E-state index contributed by atoms with van der Waals surface area (Å²) in [6, 6.07) is 13.6. The van der Waals surface area contributed by atoms with Crippen LogP contribution in [0.25, 0.3) is 5.76 Å². The molecule has 1 aliphatic rings. The van der Waals surface area contributed by atoms with Crippen LogP contribution in [-0.4, -0.2) is 67.0 Å². The SMILES string of the molecule is CCCOc1cccc([C@H]2/C(=C(\O)c3ccc(OCC)cc3)C(=O)C(=O)N2CCCN(C)C)c1. The van der Waals surface area contributed by atoms with Gasteiger partial charge in [0.2, 0.25) is 0 Å². The number of nitrogens with zero attached hydrogens (tertiary/aromatic N) is 2. The van der Waals surface area contributed by atoms with Gasteiger partial charge in [0, 0.05) is 12.1 Å². The van der Waals surface area contributed by atoms with Crippen LogP contribution in [0.4, 0.5) is 0 Å². The summed E-state index contributed by atoms with van der Waals surface area (Å²) < 4.78 is 11.3. The minimum atomic E-state index is -0.695. The van der Waals surface area contributed by atoms with E-state index in [-0.39, 0.29) is 11.3 Å². The molecule has 1 heterocycles. The summed E-state index contributed by atoms with van der Waals surface area (Å²) in [6.45, 7) is 6.19. The third-order valence-electron chi connectivity index (χ3n) is 5.63. The lowest BCUT2D eigenvalue weighted by Gasteiger charge is -2.26. The van der Waals surface area contributed by atoms with Gasteiger partial charge in [-0.25, -0.2) is 0 Å². The zero-order chi connectivity index (χ0) is 24.7. The predicted octanol–water partition coefficient (Wildman–Crippen LogP) is 4.25. The molecular weight excluding hydrogens is 432 g/mol. The fourth-order valence-electron chi connectivity index (χ4n) is 4.04. The van der Waals surface area contributed by atoms with Crippen molar-refractivity contribution in [1.82, 2.24) is 9.80 Å². The Labute approximate surface area is 201 Å². The smallest absolute Gasteiger partial charge is 0.295 e. The maximum atomic E-state index is 13.2. The normalized spacial score (nSPS) is 17.4. The average molecular weight is 467 g/mol. The number of hydrogen-bond acceptors (Lipinski definition) is 6. The van der Waals surface area contributed by atoms with Crippen LogP contribution >= 0.6 is 0 Å². The quantitative estimate of drug-likeness (QED) is 0.303. The summed E-state index contributed by atoms with van der Waals surface area (Å²) in [5.41, 5.74) is 1.27. The van der Waals surface area contributed by atoms with Crippen LogP contribution in [-0.2, 0) is 9.59 Å². The number of Topliss-reactive ketones (excluding diaryl/α,β-unsaturated/α-hetero) is 1. The van der Waals surface area contributed by atoms with Gasteiger partial charge in [0.25, 0.3) is 11.7 Å². The van der Waals surface area contributed by atoms with Crippen molar-refractivity contribution in [3.05, 3.63) is 65.2 Å². The number of amides is 1. The van der Waals surface area contributed by atoms with Crippen molar-refractivity contribution < 1.29 is 24.2 Å². The fraction of sp³-hybridized carbons (Fsp3) is 0.407. The number of rotatable bonds is 11. The van der Waals surface area contributed by atoms with Gasteiger partial charge in [-0.1, -0.05) is 19.1 Å². The number of ether oxygens (including phenoxy) is 2. The molecule has 2 aromatic rings. The maximum Gasteiger partial charge on any atom is 0.295 e. The monoisotopic (exact) mass is 466 g/mol. The average Bonchev–Trinajstić information content (AvgIpc) is 3.08. The van der Waals surface area contributed by atoms with Gasteiger partial charge in [0.05, 0.1) is 24.8 Å².